The van der Waals surface area contributed by atoms with Gasteiger partial charge in [-0.3, -0.25) is 0 Å². The zero-order valence-electron chi connectivity index (χ0n) is 14.8. The number of hydrogen-bond donors (Lipinski definition) is 0. The highest BCUT2D eigenvalue weighted by atomic mass is 127. The molecule has 0 fully saturated rings. The van der Waals surface area contributed by atoms with E-state index in [4.69, 9.17) is 28.1 Å². The van der Waals surface area contributed by atoms with Gasteiger partial charge in [0.2, 0.25) is 0 Å². The Hall–Kier alpha value is 0.707. The second-order valence-electron chi connectivity index (χ2n) is 5.71. The molecule has 0 atom stereocenters. The lowest BCUT2D eigenvalue weighted by atomic mass is 10.7. The van der Waals surface area contributed by atoms with Crippen molar-refractivity contribution in [3.63, 3.8) is 0 Å². The highest BCUT2D eigenvalue weighted by Gasteiger charge is 2.12. The number of rotatable bonds is 18. The van der Waals surface area contributed by atoms with Crippen LogP contribution in [0, 0.1) is 0 Å². The van der Waals surface area contributed by atoms with Crippen LogP contribution in [0.3, 0.4) is 0 Å². The summed E-state index contributed by atoms with van der Waals surface area (Å²) in [5.74, 6) is 0. The molecule has 0 aliphatic carbocycles. The van der Waals surface area contributed by atoms with Crippen LogP contribution in [0.4, 0.5) is 0 Å². The minimum absolute atomic E-state index is 0.577. The number of hydrogen-bond acceptors (Lipinski definition) is 6. The van der Waals surface area contributed by atoms with Gasteiger partial charge in [0, 0.05) is 4.43 Å². The van der Waals surface area contributed by atoms with Gasteiger partial charge in [0.15, 0.2) is 8.32 Å². The van der Waals surface area contributed by atoms with Crippen LogP contribution in [-0.2, 0) is 28.1 Å². The van der Waals surface area contributed by atoms with Crippen molar-refractivity contribution in [2.24, 2.45) is 0 Å². The van der Waals surface area contributed by atoms with Crippen molar-refractivity contribution in [3.8, 4) is 0 Å². The number of alkyl halides is 1. The zero-order valence-corrected chi connectivity index (χ0v) is 18.0. The van der Waals surface area contributed by atoms with Crippen molar-refractivity contribution in [2.45, 2.75) is 19.6 Å². The summed E-state index contributed by atoms with van der Waals surface area (Å²) in [6, 6.07) is 0. The largest absolute Gasteiger partial charge is 0.415 e. The number of halogens is 1. The number of ether oxygens (including phenoxy) is 5. The highest BCUT2D eigenvalue weighted by molar-refractivity contribution is 14.1. The molecule has 6 nitrogen and oxygen atoms in total. The van der Waals surface area contributed by atoms with Crippen LogP contribution in [0.2, 0.25) is 19.6 Å². The molecule has 0 radical (unpaired) electrons. The van der Waals surface area contributed by atoms with Crippen molar-refractivity contribution in [1.29, 1.82) is 0 Å². The van der Waals surface area contributed by atoms with Crippen molar-refractivity contribution in [3.05, 3.63) is 0 Å². The normalized spacial score (nSPS) is 12.0. The molecule has 0 saturated heterocycles. The Balaban J connectivity index is 3.00. The molecule has 0 amide bonds. The molecule has 0 spiro atoms. The Kier molecular flexibility index (Phi) is 18.1. The predicted molar refractivity (Wildman–Crippen MR) is 102 cm³/mol. The van der Waals surface area contributed by atoms with Crippen LogP contribution in [0.5, 0.6) is 0 Å². The molecule has 0 heterocycles. The van der Waals surface area contributed by atoms with E-state index in [1.165, 1.54) is 0 Å². The minimum Gasteiger partial charge on any atom is -0.415 e. The summed E-state index contributed by atoms with van der Waals surface area (Å²) in [7, 11) is -1.41. The van der Waals surface area contributed by atoms with E-state index in [0.29, 0.717) is 66.1 Å². The molecular formula is C15H33IO6Si. The van der Waals surface area contributed by atoms with E-state index in [2.05, 4.69) is 42.2 Å². The Morgan fingerprint density at radius 2 is 0.826 bits per heavy atom. The average Bonchev–Trinajstić information content (AvgIpc) is 2.49. The van der Waals surface area contributed by atoms with Crippen LogP contribution in [0.25, 0.3) is 0 Å². The molecule has 0 unspecified atom stereocenters. The van der Waals surface area contributed by atoms with Gasteiger partial charge in [-0.25, -0.2) is 0 Å². The van der Waals surface area contributed by atoms with Crippen LogP contribution in [-0.4, -0.2) is 85.4 Å². The van der Waals surface area contributed by atoms with Crippen LogP contribution >= 0.6 is 22.6 Å². The van der Waals surface area contributed by atoms with E-state index in [-0.39, 0.29) is 0 Å². The molecule has 0 rings (SSSR count). The molecule has 0 aliphatic rings. The molecule has 23 heavy (non-hydrogen) atoms. The first-order valence-electron chi connectivity index (χ1n) is 8.15. The van der Waals surface area contributed by atoms with E-state index < -0.39 is 8.32 Å². The molecule has 0 aromatic rings. The fraction of sp³-hybridized carbons (Fsp3) is 1.00. The zero-order chi connectivity index (χ0) is 17.2. The lowest BCUT2D eigenvalue weighted by Crippen LogP contribution is -2.27. The topological polar surface area (TPSA) is 55.4 Å². The molecule has 8 heteroatoms. The van der Waals surface area contributed by atoms with E-state index in [1.807, 2.05) is 0 Å². The minimum atomic E-state index is -1.41. The Morgan fingerprint density at radius 3 is 1.13 bits per heavy atom. The third-order valence-electron chi connectivity index (χ3n) is 2.47. The molecule has 0 aliphatic heterocycles. The first-order valence-corrected chi connectivity index (χ1v) is 13.1. The van der Waals surface area contributed by atoms with Crippen LogP contribution in [0.1, 0.15) is 0 Å². The molecule has 140 valence electrons. The van der Waals surface area contributed by atoms with Gasteiger partial charge in [-0.2, -0.15) is 0 Å². The molecule has 0 bridgehead atoms. The smallest absolute Gasteiger partial charge is 0.183 e. The summed E-state index contributed by atoms with van der Waals surface area (Å²) >= 11 is 2.28. The first kappa shape index (κ1) is 23.7. The maximum Gasteiger partial charge on any atom is 0.183 e. The molecular weight excluding hydrogens is 431 g/mol. The molecule has 0 aromatic carbocycles. The molecule has 0 saturated carbocycles. The van der Waals surface area contributed by atoms with E-state index in [9.17, 15) is 0 Å². The third-order valence-corrected chi connectivity index (χ3v) is 3.98. The Morgan fingerprint density at radius 1 is 0.522 bits per heavy atom. The van der Waals surface area contributed by atoms with Gasteiger partial charge in [0.05, 0.1) is 72.7 Å². The van der Waals surface area contributed by atoms with Crippen LogP contribution in [0.15, 0.2) is 0 Å². The second-order valence-corrected chi connectivity index (χ2v) is 11.3. The summed E-state index contributed by atoms with van der Waals surface area (Å²) in [5.41, 5.74) is 0. The second kappa shape index (κ2) is 17.5. The van der Waals surface area contributed by atoms with Crippen LogP contribution < -0.4 is 0 Å². The van der Waals surface area contributed by atoms with Gasteiger partial charge in [-0.05, 0) is 19.6 Å². The Labute approximate surface area is 155 Å². The van der Waals surface area contributed by atoms with Gasteiger partial charge in [0.1, 0.15) is 0 Å². The lowest BCUT2D eigenvalue weighted by Gasteiger charge is -2.16. The summed E-state index contributed by atoms with van der Waals surface area (Å²) in [4.78, 5) is 0. The van der Waals surface area contributed by atoms with Gasteiger partial charge < -0.3 is 28.1 Å². The van der Waals surface area contributed by atoms with Gasteiger partial charge >= 0.3 is 0 Å². The standard InChI is InChI=1S/C15H33IO6Si/c1-23(2,3)22-15-14-21-13-12-20-11-10-19-9-8-18-7-6-17-5-4-16/h4-15H2,1-3H3. The maximum atomic E-state index is 5.68. The maximum absolute atomic E-state index is 5.68. The van der Waals surface area contributed by atoms with Gasteiger partial charge in [-0.1, -0.05) is 22.6 Å². The van der Waals surface area contributed by atoms with Crippen molar-refractivity contribution in [1.82, 2.24) is 0 Å². The Bertz CT molecular complexity index is 240. The van der Waals surface area contributed by atoms with Gasteiger partial charge in [0.25, 0.3) is 0 Å². The van der Waals surface area contributed by atoms with E-state index in [1.54, 1.807) is 0 Å². The predicted octanol–water partition coefficient (Wildman–Crippen LogP) is 2.36. The fourth-order valence-corrected chi connectivity index (χ4v) is 2.45. The third kappa shape index (κ3) is 22.7. The first-order chi connectivity index (χ1) is 11.1. The quantitative estimate of drug-likeness (QED) is 0.134. The highest BCUT2D eigenvalue weighted by Crippen LogP contribution is 2.01. The molecule has 0 aromatic heterocycles. The fourth-order valence-electron chi connectivity index (χ4n) is 1.44. The van der Waals surface area contributed by atoms with E-state index >= 15 is 0 Å². The SMILES string of the molecule is C[Si](C)(C)OCCOCCOCCOCCOCCOCCI. The van der Waals surface area contributed by atoms with Crippen molar-refractivity contribution < 1.29 is 28.1 Å². The lowest BCUT2D eigenvalue weighted by molar-refractivity contribution is -0.0119. The summed E-state index contributed by atoms with van der Waals surface area (Å²) in [6.45, 7) is 13.4. The van der Waals surface area contributed by atoms with Crippen molar-refractivity contribution >= 4 is 30.9 Å². The van der Waals surface area contributed by atoms with Gasteiger partial charge in [-0.15, -0.1) is 0 Å². The summed E-state index contributed by atoms with van der Waals surface area (Å²) in [6.07, 6.45) is 0. The van der Waals surface area contributed by atoms with Crippen molar-refractivity contribution in [2.75, 3.05) is 77.1 Å². The summed E-state index contributed by atoms with van der Waals surface area (Å²) < 4.78 is 33.6. The van der Waals surface area contributed by atoms with E-state index in [0.717, 1.165) is 11.0 Å². The summed E-state index contributed by atoms with van der Waals surface area (Å²) in [5, 5.41) is 0. The molecule has 0 N–H and O–H groups in total. The monoisotopic (exact) mass is 464 g/mol. The average molecular weight is 464 g/mol.